The first-order valence-electron chi connectivity index (χ1n) is 10.3. The Balaban J connectivity index is 1.42. The molecular weight excluding hydrogens is 383 g/mol. The quantitative estimate of drug-likeness (QED) is 0.727. The van der Waals surface area contributed by atoms with Crippen LogP contribution >= 0.6 is 0 Å². The van der Waals surface area contributed by atoms with Crippen LogP contribution in [0, 0.1) is 17.7 Å². The highest BCUT2D eigenvalue weighted by molar-refractivity contribution is 5.95. The molecule has 30 heavy (non-hydrogen) atoms. The van der Waals surface area contributed by atoms with E-state index >= 15 is 0 Å². The van der Waals surface area contributed by atoms with Crippen LogP contribution in [0.5, 0.6) is 0 Å². The molecule has 0 radical (unpaired) electrons. The van der Waals surface area contributed by atoms with Crippen LogP contribution in [-0.2, 0) is 6.42 Å². The third kappa shape index (κ3) is 3.39. The number of halogens is 1. The molecule has 1 amide bonds. The lowest BCUT2D eigenvalue weighted by molar-refractivity contribution is 0.0638. The lowest BCUT2D eigenvalue weighted by Crippen LogP contribution is -2.43. The van der Waals surface area contributed by atoms with E-state index in [1.165, 1.54) is 6.07 Å². The first-order chi connectivity index (χ1) is 14.6. The fraction of sp³-hybridized carbons (Fsp3) is 0.348. The van der Waals surface area contributed by atoms with Gasteiger partial charge in [-0.15, -0.1) is 13.1 Å². The number of rotatable bonds is 3. The zero-order valence-electron chi connectivity index (χ0n) is 16.5. The normalized spacial score (nSPS) is 21.0. The topological polar surface area (TPSA) is 80.2 Å². The van der Waals surface area contributed by atoms with Gasteiger partial charge in [0, 0.05) is 24.9 Å². The number of nitrogens with zero attached hydrogens (tertiary/aromatic N) is 3. The van der Waals surface area contributed by atoms with Crippen LogP contribution in [0.3, 0.4) is 0 Å². The molecule has 7 heteroatoms. The molecule has 2 unspecified atom stereocenters. The first-order valence-corrected chi connectivity index (χ1v) is 10.3. The molecule has 2 aliphatic rings. The summed E-state index contributed by atoms with van der Waals surface area (Å²) in [6.07, 6.45) is 1.32. The van der Waals surface area contributed by atoms with Gasteiger partial charge in [0.2, 0.25) is 0 Å². The van der Waals surface area contributed by atoms with E-state index < -0.39 is 5.82 Å². The summed E-state index contributed by atoms with van der Waals surface area (Å²) in [5.74, 6) is 0.177. The molecule has 154 valence electrons. The molecule has 0 spiro atoms. The highest BCUT2D eigenvalue weighted by atomic mass is 19.1. The van der Waals surface area contributed by atoms with Crippen molar-refractivity contribution in [1.29, 1.82) is 0 Å². The summed E-state index contributed by atoms with van der Waals surface area (Å²) in [5, 5.41) is 12.5. The van der Waals surface area contributed by atoms with Crippen molar-refractivity contribution in [2.75, 3.05) is 26.2 Å². The van der Waals surface area contributed by atoms with Gasteiger partial charge in [-0.1, -0.05) is 30.2 Å². The minimum atomic E-state index is -0.513. The number of aromatic nitrogens is 2. The SMILES string of the molecule is O=C(c1cc(Cc2n[nH]c(=O)c3ccccc23)ccc1F)N1CCC2C[N-]CC2C1. The molecule has 6 nitrogen and oxygen atoms in total. The third-order valence-corrected chi connectivity index (χ3v) is 6.31. The molecule has 5 rings (SSSR count). The van der Waals surface area contributed by atoms with Crippen LogP contribution in [-0.4, -0.2) is 47.2 Å². The van der Waals surface area contributed by atoms with Crippen molar-refractivity contribution in [2.24, 2.45) is 11.8 Å². The van der Waals surface area contributed by atoms with Gasteiger partial charge in [0.1, 0.15) is 5.82 Å². The van der Waals surface area contributed by atoms with Gasteiger partial charge in [-0.05, 0) is 36.1 Å². The Bertz CT molecular complexity index is 1180. The zero-order valence-corrected chi connectivity index (χ0v) is 16.5. The van der Waals surface area contributed by atoms with Gasteiger partial charge in [-0.2, -0.15) is 5.10 Å². The maximum absolute atomic E-state index is 14.6. The van der Waals surface area contributed by atoms with Crippen LogP contribution in [0.15, 0.2) is 47.3 Å². The molecule has 3 aromatic rings. The molecular formula is C23H22FN4O2-. The van der Waals surface area contributed by atoms with Crippen LogP contribution in [0.25, 0.3) is 16.1 Å². The minimum absolute atomic E-state index is 0.0922. The monoisotopic (exact) mass is 405 g/mol. The molecule has 2 aliphatic heterocycles. The zero-order chi connectivity index (χ0) is 20.7. The number of hydrogen-bond acceptors (Lipinski definition) is 3. The van der Waals surface area contributed by atoms with Gasteiger partial charge in [0.15, 0.2) is 0 Å². The Morgan fingerprint density at radius 2 is 1.97 bits per heavy atom. The number of carbonyl (C=O) groups excluding carboxylic acids is 1. The maximum Gasteiger partial charge on any atom is 0.272 e. The van der Waals surface area contributed by atoms with Gasteiger partial charge in [-0.3, -0.25) is 9.59 Å². The largest absolute Gasteiger partial charge is 0.662 e. The van der Waals surface area contributed by atoms with Crippen LogP contribution in [0.4, 0.5) is 4.39 Å². The molecule has 2 saturated heterocycles. The number of piperidine rings is 1. The van der Waals surface area contributed by atoms with Crippen molar-refractivity contribution in [3.05, 3.63) is 80.8 Å². The van der Waals surface area contributed by atoms with Gasteiger partial charge in [0.25, 0.3) is 11.5 Å². The number of amides is 1. The van der Waals surface area contributed by atoms with Crippen molar-refractivity contribution >= 4 is 16.7 Å². The second-order valence-electron chi connectivity index (χ2n) is 8.18. The molecule has 1 aromatic heterocycles. The van der Waals surface area contributed by atoms with E-state index in [1.54, 1.807) is 29.2 Å². The summed E-state index contributed by atoms with van der Waals surface area (Å²) < 4.78 is 14.6. The number of H-pyrrole nitrogens is 1. The van der Waals surface area contributed by atoms with E-state index in [1.807, 2.05) is 12.1 Å². The van der Waals surface area contributed by atoms with Crippen molar-refractivity contribution in [3.63, 3.8) is 0 Å². The van der Waals surface area contributed by atoms with Gasteiger partial charge >= 0.3 is 0 Å². The average Bonchev–Trinajstić information content (AvgIpc) is 3.24. The molecule has 0 bridgehead atoms. The van der Waals surface area contributed by atoms with Crippen molar-refractivity contribution < 1.29 is 9.18 Å². The number of nitrogens with one attached hydrogen (secondary N) is 1. The van der Waals surface area contributed by atoms with E-state index in [0.717, 1.165) is 30.5 Å². The van der Waals surface area contributed by atoms with Crippen molar-refractivity contribution in [3.8, 4) is 0 Å². The minimum Gasteiger partial charge on any atom is -0.662 e. The van der Waals surface area contributed by atoms with Crippen molar-refractivity contribution in [1.82, 2.24) is 15.1 Å². The standard InChI is InChI=1S/C23H22FN4O2/c24-20-6-5-14(10-21-17-3-1-2-4-18(17)22(29)27-26-21)9-19(20)23(30)28-8-7-15-11-25-12-16(15)13-28/h1-6,9,15-16H,7-8,10-13H2,(H,27,29)/q-1. The number of fused-ring (bicyclic) bond motifs is 2. The number of aromatic amines is 1. The van der Waals surface area contributed by atoms with E-state index in [0.29, 0.717) is 42.4 Å². The van der Waals surface area contributed by atoms with Gasteiger partial charge in [0.05, 0.1) is 16.6 Å². The fourth-order valence-electron chi connectivity index (χ4n) is 4.63. The smallest absolute Gasteiger partial charge is 0.272 e. The molecule has 2 atom stereocenters. The van der Waals surface area contributed by atoms with E-state index in [2.05, 4.69) is 15.5 Å². The first kappa shape index (κ1) is 18.9. The number of carbonyl (C=O) groups is 1. The Kier molecular flexibility index (Phi) is 4.83. The maximum atomic E-state index is 14.6. The lowest BCUT2D eigenvalue weighted by Gasteiger charge is -2.36. The van der Waals surface area contributed by atoms with Crippen LogP contribution in [0.2, 0.25) is 0 Å². The van der Waals surface area contributed by atoms with Gasteiger partial charge < -0.3 is 10.2 Å². The molecule has 2 aromatic carbocycles. The van der Waals surface area contributed by atoms with E-state index in [9.17, 15) is 14.0 Å². The molecule has 1 N–H and O–H groups in total. The summed E-state index contributed by atoms with van der Waals surface area (Å²) in [4.78, 5) is 26.8. The summed E-state index contributed by atoms with van der Waals surface area (Å²) in [5.41, 5.74) is 1.31. The Morgan fingerprint density at radius 1 is 1.17 bits per heavy atom. The Labute approximate surface area is 173 Å². The van der Waals surface area contributed by atoms with E-state index in [-0.39, 0.29) is 17.0 Å². The van der Waals surface area contributed by atoms with Crippen LogP contribution < -0.4 is 5.56 Å². The third-order valence-electron chi connectivity index (χ3n) is 6.31. The lowest BCUT2D eigenvalue weighted by atomic mass is 9.88. The number of likely N-dealkylation sites (tertiary alicyclic amines) is 1. The molecule has 0 saturated carbocycles. The Morgan fingerprint density at radius 3 is 2.83 bits per heavy atom. The predicted octanol–water partition coefficient (Wildman–Crippen LogP) is 3.12. The van der Waals surface area contributed by atoms with Crippen LogP contribution in [0.1, 0.15) is 28.0 Å². The highest BCUT2D eigenvalue weighted by Gasteiger charge is 2.31. The molecule has 3 heterocycles. The Hall–Kier alpha value is -3.06. The molecule has 0 aliphatic carbocycles. The number of benzene rings is 2. The molecule has 2 fully saturated rings. The fourth-order valence-corrected chi connectivity index (χ4v) is 4.63. The summed E-state index contributed by atoms with van der Waals surface area (Å²) in [7, 11) is 0. The highest BCUT2D eigenvalue weighted by Crippen LogP contribution is 2.32. The summed E-state index contributed by atoms with van der Waals surface area (Å²) in [6.45, 7) is 2.96. The van der Waals surface area contributed by atoms with E-state index in [4.69, 9.17) is 0 Å². The second-order valence-corrected chi connectivity index (χ2v) is 8.18. The van der Waals surface area contributed by atoms with Gasteiger partial charge in [-0.25, -0.2) is 9.49 Å². The summed E-state index contributed by atoms with van der Waals surface area (Å²) >= 11 is 0. The van der Waals surface area contributed by atoms with Crippen molar-refractivity contribution in [2.45, 2.75) is 12.8 Å². The average molecular weight is 405 g/mol. The summed E-state index contributed by atoms with van der Waals surface area (Å²) in [6, 6.07) is 11.9. The predicted molar refractivity (Wildman–Crippen MR) is 112 cm³/mol. The number of hydrogen-bond donors (Lipinski definition) is 1. The second kappa shape index (κ2) is 7.65.